The highest BCUT2D eigenvalue weighted by molar-refractivity contribution is 14.0. The largest absolute Gasteiger partial charge is 0.443 e. The van der Waals surface area contributed by atoms with Crippen LogP contribution in [0.2, 0.25) is 0 Å². The molecule has 0 aliphatic carbocycles. The first kappa shape index (κ1) is 21.2. The van der Waals surface area contributed by atoms with Gasteiger partial charge in [0.15, 0.2) is 5.96 Å². The number of hydrogen-bond donors (Lipinski definition) is 2. The Balaban J connectivity index is 0.00000288. The Bertz CT molecular complexity index is 523. The van der Waals surface area contributed by atoms with Crippen molar-refractivity contribution in [2.75, 3.05) is 26.7 Å². The molecule has 0 aromatic carbocycles. The van der Waals surface area contributed by atoms with Gasteiger partial charge in [-0.2, -0.15) is 0 Å². The van der Waals surface area contributed by atoms with E-state index < -0.39 is 0 Å². The van der Waals surface area contributed by atoms with Crippen molar-refractivity contribution in [3.63, 3.8) is 0 Å². The number of guanidine groups is 1. The molecule has 1 aromatic heterocycles. The number of aliphatic imine (C=N–C) groups is 1. The highest BCUT2D eigenvalue weighted by atomic mass is 127. The van der Waals surface area contributed by atoms with Crippen molar-refractivity contribution in [1.82, 2.24) is 20.5 Å². The van der Waals surface area contributed by atoms with E-state index in [4.69, 9.17) is 4.42 Å². The standard InChI is InChI=1S/C17H31N5O.HI/c1-6-18-16(20-10-13-8-7-9-22(13)5)21-12-15-19-11-14(23-15)17(2,3)4;/h11,13H,6-10,12H2,1-5H3,(H2,18,20,21);1H. The van der Waals surface area contributed by atoms with Gasteiger partial charge in [-0.25, -0.2) is 9.98 Å². The van der Waals surface area contributed by atoms with Crippen molar-refractivity contribution in [3.05, 3.63) is 17.8 Å². The van der Waals surface area contributed by atoms with Crippen LogP contribution >= 0.6 is 24.0 Å². The number of nitrogens with zero attached hydrogens (tertiary/aromatic N) is 3. The smallest absolute Gasteiger partial charge is 0.216 e. The SMILES string of the molecule is CCNC(=NCc1ncc(C(C)(C)C)o1)NCC1CCCN1C.I. The summed E-state index contributed by atoms with van der Waals surface area (Å²) in [6.07, 6.45) is 4.33. The quantitative estimate of drug-likeness (QED) is 0.411. The summed E-state index contributed by atoms with van der Waals surface area (Å²) in [5.41, 5.74) is -0.0230. The topological polar surface area (TPSA) is 65.7 Å². The number of rotatable bonds is 5. The van der Waals surface area contributed by atoms with Gasteiger partial charge in [0.1, 0.15) is 12.3 Å². The molecular formula is C17H32IN5O. The maximum absolute atomic E-state index is 5.79. The molecule has 2 heterocycles. The van der Waals surface area contributed by atoms with Crippen molar-refractivity contribution in [3.8, 4) is 0 Å². The van der Waals surface area contributed by atoms with E-state index in [2.05, 4.69) is 60.3 Å². The molecule has 1 atom stereocenters. The molecule has 1 unspecified atom stereocenters. The molecule has 2 rings (SSSR count). The monoisotopic (exact) mass is 449 g/mol. The predicted molar refractivity (Wildman–Crippen MR) is 109 cm³/mol. The fraction of sp³-hybridized carbons (Fsp3) is 0.765. The number of aromatic nitrogens is 1. The van der Waals surface area contributed by atoms with Crippen LogP contribution in [0.3, 0.4) is 0 Å². The lowest BCUT2D eigenvalue weighted by molar-refractivity contribution is 0.309. The maximum atomic E-state index is 5.79. The van der Waals surface area contributed by atoms with Crippen LogP contribution in [-0.2, 0) is 12.0 Å². The van der Waals surface area contributed by atoms with E-state index in [0.717, 1.165) is 24.8 Å². The summed E-state index contributed by atoms with van der Waals surface area (Å²) < 4.78 is 5.79. The summed E-state index contributed by atoms with van der Waals surface area (Å²) in [6.45, 7) is 11.8. The number of oxazole rings is 1. The second-order valence-electron chi connectivity index (χ2n) is 7.22. The predicted octanol–water partition coefficient (Wildman–Crippen LogP) is 2.74. The van der Waals surface area contributed by atoms with Gasteiger partial charge in [-0.3, -0.25) is 0 Å². The highest BCUT2D eigenvalue weighted by Gasteiger charge is 2.21. The lowest BCUT2D eigenvalue weighted by atomic mass is 9.94. The van der Waals surface area contributed by atoms with Crippen LogP contribution in [0, 0.1) is 0 Å². The summed E-state index contributed by atoms with van der Waals surface area (Å²) >= 11 is 0. The summed E-state index contributed by atoms with van der Waals surface area (Å²) in [4.78, 5) is 11.3. The maximum Gasteiger partial charge on any atom is 0.216 e. The third kappa shape index (κ3) is 6.23. The molecule has 0 saturated carbocycles. The fourth-order valence-electron chi connectivity index (χ4n) is 2.67. The number of likely N-dealkylation sites (N-methyl/N-ethyl adjacent to an activating group) is 1. The second-order valence-corrected chi connectivity index (χ2v) is 7.22. The molecule has 0 amide bonds. The van der Waals surface area contributed by atoms with Crippen LogP contribution in [0.5, 0.6) is 0 Å². The second kappa shape index (κ2) is 9.60. The molecule has 1 aromatic rings. The molecule has 1 fully saturated rings. The Morgan fingerprint density at radius 3 is 2.71 bits per heavy atom. The van der Waals surface area contributed by atoms with E-state index in [1.807, 2.05) is 0 Å². The van der Waals surface area contributed by atoms with Crippen LogP contribution in [0.15, 0.2) is 15.6 Å². The number of likely N-dealkylation sites (tertiary alicyclic amines) is 1. The third-order valence-electron chi connectivity index (χ3n) is 4.19. The Kier molecular flexibility index (Phi) is 8.49. The molecule has 2 N–H and O–H groups in total. The average Bonchev–Trinajstić information content (AvgIpc) is 3.10. The van der Waals surface area contributed by atoms with Gasteiger partial charge < -0.3 is 20.0 Å². The zero-order valence-corrected chi connectivity index (χ0v) is 17.9. The molecule has 0 bridgehead atoms. The van der Waals surface area contributed by atoms with Gasteiger partial charge in [-0.1, -0.05) is 20.8 Å². The number of hydrogen-bond acceptors (Lipinski definition) is 4. The van der Waals surface area contributed by atoms with Gasteiger partial charge >= 0.3 is 0 Å². The first-order valence-corrected chi connectivity index (χ1v) is 8.57. The molecule has 138 valence electrons. The first-order valence-electron chi connectivity index (χ1n) is 8.57. The van der Waals surface area contributed by atoms with Gasteiger partial charge in [0.05, 0.1) is 6.20 Å². The zero-order chi connectivity index (χ0) is 16.9. The lowest BCUT2D eigenvalue weighted by Crippen LogP contribution is -2.44. The normalized spacial score (nSPS) is 19.2. The van der Waals surface area contributed by atoms with Crippen LogP contribution < -0.4 is 10.6 Å². The van der Waals surface area contributed by atoms with Crippen molar-refractivity contribution in [2.45, 2.75) is 58.5 Å². The Morgan fingerprint density at radius 1 is 1.42 bits per heavy atom. The minimum absolute atomic E-state index is 0. The Hall–Kier alpha value is -0.830. The number of halogens is 1. The molecule has 1 aliphatic rings. The van der Waals surface area contributed by atoms with Crippen LogP contribution in [0.4, 0.5) is 0 Å². The van der Waals surface area contributed by atoms with Crippen molar-refractivity contribution in [2.24, 2.45) is 4.99 Å². The minimum Gasteiger partial charge on any atom is -0.443 e. The van der Waals surface area contributed by atoms with Crippen LogP contribution in [0.25, 0.3) is 0 Å². The van der Waals surface area contributed by atoms with E-state index in [1.165, 1.54) is 19.4 Å². The van der Waals surface area contributed by atoms with E-state index in [9.17, 15) is 0 Å². The van der Waals surface area contributed by atoms with E-state index in [0.29, 0.717) is 18.5 Å². The Labute approximate surface area is 162 Å². The van der Waals surface area contributed by atoms with E-state index >= 15 is 0 Å². The van der Waals surface area contributed by atoms with Gasteiger partial charge in [-0.15, -0.1) is 24.0 Å². The first-order chi connectivity index (χ1) is 10.9. The lowest BCUT2D eigenvalue weighted by Gasteiger charge is -2.21. The third-order valence-corrected chi connectivity index (χ3v) is 4.19. The van der Waals surface area contributed by atoms with E-state index in [-0.39, 0.29) is 29.4 Å². The molecule has 0 spiro atoms. The molecule has 6 nitrogen and oxygen atoms in total. The number of nitrogens with one attached hydrogen (secondary N) is 2. The minimum atomic E-state index is -0.0230. The van der Waals surface area contributed by atoms with Crippen LogP contribution in [0.1, 0.15) is 52.2 Å². The molecule has 24 heavy (non-hydrogen) atoms. The van der Waals surface area contributed by atoms with Crippen molar-refractivity contribution in [1.29, 1.82) is 0 Å². The molecule has 0 radical (unpaired) electrons. The average molecular weight is 449 g/mol. The molecular weight excluding hydrogens is 417 g/mol. The fourth-order valence-corrected chi connectivity index (χ4v) is 2.67. The van der Waals surface area contributed by atoms with E-state index in [1.54, 1.807) is 6.20 Å². The van der Waals surface area contributed by atoms with Gasteiger partial charge in [0.25, 0.3) is 0 Å². The summed E-state index contributed by atoms with van der Waals surface area (Å²) in [5, 5.41) is 6.71. The van der Waals surface area contributed by atoms with Gasteiger partial charge in [0.2, 0.25) is 5.89 Å². The Morgan fingerprint density at radius 2 is 2.17 bits per heavy atom. The van der Waals surface area contributed by atoms with Crippen molar-refractivity contribution >= 4 is 29.9 Å². The zero-order valence-electron chi connectivity index (χ0n) is 15.6. The molecule has 1 saturated heterocycles. The van der Waals surface area contributed by atoms with Gasteiger partial charge in [-0.05, 0) is 33.4 Å². The summed E-state index contributed by atoms with van der Waals surface area (Å²) in [7, 11) is 2.18. The molecule has 7 heteroatoms. The van der Waals surface area contributed by atoms with Gasteiger partial charge in [0, 0.05) is 24.5 Å². The molecule has 1 aliphatic heterocycles. The summed E-state index contributed by atoms with van der Waals surface area (Å²) in [5.74, 6) is 2.38. The summed E-state index contributed by atoms with van der Waals surface area (Å²) in [6, 6.07) is 0.591. The van der Waals surface area contributed by atoms with Crippen molar-refractivity contribution < 1.29 is 4.42 Å². The van der Waals surface area contributed by atoms with Crippen LogP contribution in [-0.4, -0.2) is 48.6 Å². The highest BCUT2D eigenvalue weighted by Crippen LogP contribution is 2.22.